The van der Waals surface area contributed by atoms with Crippen molar-refractivity contribution in [3.05, 3.63) is 59.9 Å². The predicted octanol–water partition coefficient (Wildman–Crippen LogP) is 4.39. The summed E-state index contributed by atoms with van der Waals surface area (Å²) >= 11 is 0. The summed E-state index contributed by atoms with van der Waals surface area (Å²) in [4.78, 5) is 14.4. The fourth-order valence-corrected chi connectivity index (χ4v) is 3.08. The van der Waals surface area contributed by atoms with Crippen LogP contribution in [-0.2, 0) is 11.2 Å². The molecule has 1 N–H and O–H groups in total. The molecule has 1 saturated heterocycles. The van der Waals surface area contributed by atoms with Gasteiger partial charge in [0, 0.05) is 30.9 Å². The number of halogens is 1. The van der Waals surface area contributed by atoms with Gasteiger partial charge in [0.1, 0.15) is 5.82 Å². The zero-order valence-electron chi connectivity index (χ0n) is 13.8. The Morgan fingerprint density at radius 3 is 2.42 bits per heavy atom. The topological polar surface area (TPSA) is 32.3 Å². The van der Waals surface area contributed by atoms with Gasteiger partial charge in [-0.2, -0.15) is 0 Å². The molecule has 0 spiro atoms. The van der Waals surface area contributed by atoms with E-state index in [-0.39, 0.29) is 18.1 Å². The Balaban J connectivity index is 1.52. The van der Waals surface area contributed by atoms with Gasteiger partial charge >= 0.3 is 0 Å². The van der Waals surface area contributed by atoms with Crippen LogP contribution in [0.5, 0.6) is 0 Å². The summed E-state index contributed by atoms with van der Waals surface area (Å²) in [5.74, 6) is -0.347. The molecule has 4 heteroatoms. The van der Waals surface area contributed by atoms with Crippen molar-refractivity contribution in [2.24, 2.45) is 0 Å². The number of hydrogen-bond donors (Lipinski definition) is 1. The molecule has 0 atom stereocenters. The van der Waals surface area contributed by atoms with Crippen molar-refractivity contribution in [2.75, 3.05) is 23.3 Å². The normalized spacial score (nSPS) is 14.5. The van der Waals surface area contributed by atoms with Crippen LogP contribution in [0.1, 0.15) is 31.2 Å². The van der Waals surface area contributed by atoms with Crippen LogP contribution in [0.2, 0.25) is 0 Å². The van der Waals surface area contributed by atoms with Gasteiger partial charge in [-0.1, -0.05) is 18.2 Å². The molecule has 1 fully saturated rings. The fraction of sp³-hybridized carbons (Fsp3) is 0.350. The third-order valence-electron chi connectivity index (χ3n) is 4.45. The zero-order valence-corrected chi connectivity index (χ0v) is 13.8. The minimum atomic E-state index is -0.254. The van der Waals surface area contributed by atoms with Crippen LogP contribution < -0.4 is 10.2 Å². The van der Waals surface area contributed by atoms with Gasteiger partial charge in [-0.25, -0.2) is 4.39 Å². The minimum absolute atomic E-state index is 0.0935. The maximum atomic E-state index is 13.6. The quantitative estimate of drug-likeness (QED) is 0.884. The molecule has 1 aliphatic rings. The SMILES string of the molecule is O=C(CCc1ccccc1F)Nc1ccc(N2CCCCC2)cc1. The lowest BCUT2D eigenvalue weighted by Gasteiger charge is -2.28. The van der Waals surface area contributed by atoms with Gasteiger partial charge in [0.15, 0.2) is 0 Å². The summed E-state index contributed by atoms with van der Waals surface area (Å²) in [6.45, 7) is 2.21. The minimum Gasteiger partial charge on any atom is -0.372 e. The number of piperidine rings is 1. The lowest BCUT2D eigenvalue weighted by atomic mass is 10.1. The monoisotopic (exact) mass is 326 g/mol. The summed E-state index contributed by atoms with van der Waals surface area (Å²) in [6, 6.07) is 14.6. The second-order valence-corrected chi connectivity index (χ2v) is 6.23. The van der Waals surface area contributed by atoms with Gasteiger partial charge in [0.2, 0.25) is 5.91 Å². The molecule has 0 aromatic heterocycles. The molecule has 2 aromatic carbocycles. The van der Waals surface area contributed by atoms with Crippen LogP contribution in [0.25, 0.3) is 0 Å². The standard InChI is InChI=1S/C20H23FN2O/c21-19-7-3-2-6-16(19)8-13-20(24)22-17-9-11-18(12-10-17)23-14-4-1-5-15-23/h2-3,6-7,9-12H,1,4-5,8,13-15H2,(H,22,24). The van der Waals surface area contributed by atoms with Gasteiger partial charge in [0.05, 0.1) is 0 Å². The Morgan fingerprint density at radius 2 is 1.71 bits per heavy atom. The number of anilines is 2. The van der Waals surface area contributed by atoms with Crippen LogP contribution >= 0.6 is 0 Å². The van der Waals surface area contributed by atoms with Crippen molar-refractivity contribution >= 4 is 17.3 Å². The summed E-state index contributed by atoms with van der Waals surface area (Å²) < 4.78 is 13.6. The Hall–Kier alpha value is -2.36. The molecule has 0 bridgehead atoms. The molecule has 3 nitrogen and oxygen atoms in total. The van der Waals surface area contributed by atoms with Gasteiger partial charge < -0.3 is 10.2 Å². The van der Waals surface area contributed by atoms with Crippen LogP contribution in [0.4, 0.5) is 15.8 Å². The van der Waals surface area contributed by atoms with Crippen molar-refractivity contribution in [3.63, 3.8) is 0 Å². The first-order chi connectivity index (χ1) is 11.7. The number of carbonyl (C=O) groups is 1. The van der Waals surface area contributed by atoms with E-state index in [0.717, 1.165) is 18.8 Å². The van der Waals surface area contributed by atoms with E-state index >= 15 is 0 Å². The number of hydrogen-bond acceptors (Lipinski definition) is 2. The summed E-state index contributed by atoms with van der Waals surface area (Å²) in [5, 5.41) is 2.88. The van der Waals surface area contributed by atoms with Gasteiger partial charge in [0.25, 0.3) is 0 Å². The van der Waals surface area contributed by atoms with Gasteiger partial charge in [-0.05, 0) is 61.6 Å². The summed E-state index contributed by atoms with van der Waals surface area (Å²) in [7, 11) is 0. The number of amides is 1. The average molecular weight is 326 g/mol. The summed E-state index contributed by atoms with van der Waals surface area (Å²) in [6.07, 6.45) is 4.48. The molecular weight excluding hydrogens is 303 g/mol. The highest BCUT2D eigenvalue weighted by Crippen LogP contribution is 2.22. The number of carbonyl (C=O) groups excluding carboxylic acids is 1. The van der Waals surface area contributed by atoms with E-state index in [1.165, 1.54) is 31.0 Å². The highest BCUT2D eigenvalue weighted by molar-refractivity contribution is 5.91. The third kappa shape index (κ3) is 4.34. The third-order valence-corrected chi connectivity index (χ3v) is 4.45. The number of nitrogens with one attached hydrogen (secondary N) is 1. The number of rotatable bonds is 5. The Labute approximate surface area is 142 Å². The van der Waals surface area contributed by atoms with E-state index in [1.54, 1.807) is 18.2 Å². The largest absolute Gasteiger partial charge is 0.372 e. The molecule has 0 aliphatic carbocycles. The Morgan fingerprint density at radius 1 is 1.00 bits per heavy atom. The molecule has 2 aromatic rings. The van der Waals surface area contributed by atoms with Gasteiger partial charge in [-0.15, -0.1) is 0 Å². The molecule has 0 radical (unpaired) electrons. The van der Waals surface area contributed by atoms with Crippen molar-refractivity contribution in [1.82, 2.24) is 0 Å². The molecule has 1 aliphatic heterocycles. The second kappa shape index (κ2) is 7.95. The first-order valence-corrected chi connectivity index (χ1v) is 8.60. The molecule has 0 saturated carbocycles. The Kier molecular flexibility index (Phi) is 5.47. The molecule has 126 valence electrons. The first kappa shape index (κ1) is 16.5. The van der Waals surface area contributed by atoms with E-state index in [9.17, 15) is 9.18 Å². The van der Waals surface area contributed by atoms with E-state index in [4.69, 9.17) is 0 Å². The highest BCUT2D eigenvalue weighted by atomic mass is 19.1. The molecule has 1 heterocycles. The van der Waals surface area contributed by atoms with Crippen LogP contribution in [0.15, 0.2) is 48.5 Å². The van der Waals surface area contributed by atoms with Crippen molar-refractivity contribution in [3.8, 4) is 0 Å². The first-order valence-electron chi connectivity index (χ1n) is 8.60. The highest BCUT2D eigenvalue weighted by Gasteiger charge is 2.11. The number of aryl methyl sites for hydroxylation is 1. The molecule has 0 unspecified atom stereocenters. The zero-order chi connectivity index (χ0) is 16.8. The van der Waals surface area contributed by atoms with Crippen molar-refractivity contribution in [1.29, 1.82) is 0 Å². The van der Waals surface area contributed by atoms with Gasteiger partial charge in [-0.3, -0.25) is 4.79 Å². The van der Waals surface area contributed by atoms with Crippen LogP contribution in [0, 0.1) is 5.82 Å². The van der Waals surface area contributed by atoms with E-state index in [2.05, 4.69) is 22.3 Å². The fourth-order valence-electron chi connectivity index (χ4n) is 3.08. The molecule has 24 heavy (non-hydrogen) atoms. The van der Waals surface area contributed by atoms with E-state index in [1.807, 2.05) is 12.1 Å². The maximum Gasteiger partial charge on any atom is 0.224 e. The molecular formula is C20H23FN2O. The summed E-state index contributed by atoms with van der Waals surface area (Å²) in [5.41, 5.74) is 2.57. The Bertz CT molecular complexity index is 678. The van der Waals surface area contributed by atoms with E-state index < -0.39 is 0 Å². The number of benzene rings is 2. The smallest absolute Gasteiger partial charge is 0.224 e. The number of nitrogens with zero attached hydrogens (tertiary/aromatic N) is 1. The van der Waals surface area contributed by atoms with Crippen molar-refractivity contribution < 1.29 is 9.18 Å². The second-order valence-electron chi connectivity index (χ2n) is 6.23. The molecule has 1 amide bonds. The van der Waals surface area contributed by atoms with Crippen LogP contribution in [0.3, 0.4) is 0 Å². The lowest BCUT2D eigenvalue weighted by molar-refractivity contribution is -0.116. The average Bonchev–Trinajstić information content (AvgIpc) is 2.62. The molecule has 3 rings (SSSR count). The maximum absolute atomic E-state index is 13.6. The van der Waals surface area contributed by atoms with E-state index in [0.29, 0.717) is 12.0 Å². The van der Waals surface area contributed by atoms with Crippen LogP contribution in [-0.4, -0.2) is 19.0 Å². The van der Waals surface area contributed by atoms with Crippen molar-refractivity contribution in [2.45, 2.75) is 32.1 Å². The lowest BCUT2D eigenvalue weighted by Crippen LogP contribution is -2.29. The predicted molar refractivity (Wildman–Crippen MR) is 95.9 cm³/mol.